The van der Waals surface area contributed by atoms with Crippen molar-refractivity contribution in [3.8, 4) is 0 Å². The van der Waals surface area contributed by atoms with Crippen molar-refractivity contribution >= 4 is 22.9 Å². The third kappa shape index (κ3) is 3.56. The van der Waals surface area contributed by atoms with E-state index in [0.29, 0.717) is 6.04 Å². The highest BCUT2D eigenvalue weighted by Gasteiger charge is 2.12. The zero-order chi connectivity index (χ0) is 14.0. The zero-order valence-electron chi connectivity index (χ0n) is 11.7. The van der Waals surface area contributed by atoms with Gasteiger partial charge >= 0.3 is 0 Å². The Bertz CT molecular complexity index is 578. The van der Waals surface area contributed by atoms with Crippen LogP contribution in [0.5, 0.6) is 0 Å². The Morgan fingerprint density at radius 2 is 2.05 bits per heavy atom. The standard InChI is InChI=1S/C15H19ClN2S/c1-9-5-6-13(14(16)7-9)8-17-10(2)15-11(3)18-12(4)19-15/h5-7,10,17H,8H2,1-4H3. The van der Waals surface area contributed by atoms with Crippen LogP contribution in [-0.4, -0.2) is 4.98 Å². The van der Waals surface area contributed by atoms with Crippen LogP contribution in [0.2, 0.25) is 5.02 Å². The third-order valence-electron chi connectivity index (χ3n) is 3.14. The van der Waals surface area contributed by atoms with Crippen LogP contribution in [0.25, 0.3) is 0 Å². The predicted molar refractivity (Wildman–Crippen MR) is 83.0 cm³/mol. The normalized spacial score (nSPS) is 12.7. The van der Waals surface area contributed by atoms with Crippen molar-refractivity contribution in [3.05, 3.63) is 49.9 Å². The van der Waals surface area contributed by atoms with Gasteiger partial charge < -0.3 is 5.32 Å². The van der Waals surface area contributed by atoms with E-state index >= 15 is 0 Å². The first-order valence-electron chi connectivity index (χ1n) is 6.39. The van der Waals surface area contributed by atoms with Gasteiger partial charge in [0.1, 0.15) is 0 Å². The molecule has 0 saturated heterocycles. The summed E-state index contributed by atoms with van der Waals surface area (Å²) in [5.74, 6) is 0. The summed E-state index contributed by atoms with van der Waals surface area (Å²) in [6, 6.07) is 6.48. The second-order valence-corrected chi connectivity index (χ2v) is 6.52. The van der Waals surface area contributed by atoms with Crippen LogP contribution in [0.4, 0.5) is 0 Å². The highest BCUT2D eigenvalue weighted by atomic mass is 35.5. The molecule has 0 amide bonds. The SMILES string of the molecule is Cc1ccc(CNC(C)c2sc(C)nc2C)c(Cl)c1. The Morgan fingerprint density at radius 1 is 1.32 bits per heavy atom. The Hall–Kier alpha value is -0.900. The van der Waals surface area contributed by atoms with Crippen molar-refractivity contribution in [1.29, 1.82) is 0 Å². The molecule has 0 fully saturated rings. The summed E-state index contributed by atoms with van der Waals surface area (Å²) in [4.78, 5) is 5.77. The van der Waals surface area contributed by atoms with E-state index in [-0.39, 0.29) is 0 Å². The number of thiazole rings is 1. The Kier molecular flexibility index (Phi) is 4.61. The average Bonchev–Trinajstić information content (AvgIpc) is 2.67. The largest absolute Gasteiger partial charge is 0.305 e. The molecular formula is C15H19ClN2S. The number of rotatable bonds is 4. The molecule has 2 aromatic rings. The Morgan fingerprint density at radius 3 is 2.63 bits per heavy atom. The highest BCUT2D eigenvalue weighted by molar-refractivity contribution is 7.11. The minimum atomic E-state index is 0.295. The van der Waals surface area contributed by atoms with Gasteiger partial charge in [-0.1, -0.05) is 23.7 Å². The monoisotopic (exact) mass is 294 g/mol. The number of aryl methyl sites for hydroxylation is 3. The fourth-order valence-corrected chi connectivity index (χ4v) is 3.36. The number of hydrogen-bond donors (Lipinski definition) is 1. The molecule has 0 aliphatic rings. The van der Waals surface area contributed by atoms with Gasteiger partial charge in [-0.15, -0.1) is 11.3 Å². The molecule has 2 rings (SSSR count). The van der Waals surface area contributed by atoms with Crippen LogP contribution in [0, 0.1) is 20.8 Å². The summed E-state index contributed by atoms with van der Waals surface area (Å²) < 4.78 is 0. The van der Waals surface area contributed by atoms with Crippen molar-refractivity contribution in [1.82, 2.24) is 10.3 Å². The van der Waals surface area contributed by atoms with E-state index < -0.39 is 0 Å². The molecule has 0 bridgehead atoms. The van der Waals surface area contributed by atoms with Gasteiger partial charge in [-0.05, 0) is 44.9 Å². The average molecular weight is 295 g/mol. The number of halogens is 1. The summed E-state index contributed by atoms with van der Waals surface area (Å²) in [5, 5.41) is 5.47. The van der Waals surface area contributed by atoms with Crippen molar-refractivity contribution < 1.29 is 0 Å². The van der Waals surface area contributed by atoms with E-state index in [1.54, 1.807) is 11.3 Å². The van der Waals surface area contributed by atoms with Gasteiger partial charge in [0, 0.05) is 22.5 Å². The lowest BCUT2D eigenvalue weighted by Crippen LogP contribution is -2.18. The first-order valence-corrected chi connectivity index (χ1v) is 7.59. The van der Waals surface area contributed by atoms with Crippen LogP contribution < -0.4 is 5.32 Å². The second kappa shape index (κ2) is 6.04. The number of aromatic nitrogens is 1. The maximum Gasteiger partial charge on any atom is 0.0900 e. The number of benzene rings is 1. The van der Waals surface area contributed by atoms with Gasteiger partial charge in [0.25, 0.3) is 0 Å². The molecule has 1 aromatic heterocycles. The van der Waals surface area contributed by atoms with Crippen molar-refractivity contribution in [2.24, 2.45) is 0 Å². The van der Waals surface area contributed by atoms with E-state index in [4.69, 9.17) is 11.6 Å². The maximum atomic E-state index is 6.24. The topological polar surface area (TPSA) is 24.9 Å². The molecule has 0 saturated carbocycles. The molecule has 1 N–H and O–H groups in total. The Labute approximate surface area is 123 Å². The lowest BCUT2D eigenvalue weighted by Gasteiger charge is -2.14. The van der Waals surface area contributed by atoms with Crippen LogP contribution in [-0.2, 0) is 6.54 Å². The fraction of sp³-hybridized carbons (Fsp3) is 0.400. The van der Waals surface area contributed by atoms with Crippen LogP contribution >= 0.6 is 22.9 Å². The number of hydrogen-bond acceptors (Lipinski definition) is 3. The lowest BCUT2D eigenvalue weighted by molar-refractivity contribution is 0.579. The fourth-order valence-electron chi connectivity index (χ4n) is 2.10. The minimum Gasteiger partial charge on any atom is -0.305 e. The summed E-state index contributed by atoms with van der Waals surface area (Å²) in [6.45, 7) is 9.11. The molecule has 1 heterocycles. The first-order chi connectivity index (χ1) is 8.97. The molecule has 102 valence electrons. The summed E-state index contributed by atoms with van der Waals surface area (Å²) in [6.07, 6.45) is 0. The molecule has 2 nitrogen and oxygen atoms in total. The molecule has 0 aliphatic heterocycles. The molecule has 4 heteroatoms. The molecule has 1 atom stereocenters. The second-order valence-electron chi connectivity index (χ2n) is 4.88. The third-order valence-corrected chi connectivity index (χ3v) is 4.75. The molecule has 0 aliphatic carbocycles. The minimum absolute atomic E-state index is 0.295. The highest BCUT2D eigenvalue weighted by Crippen LogP contribution is 2.25. The quantitative estimate of drug-likeness (QED) is 0.893. The maximum absolute atomic E-state index is 6.24. The van der Waals surface area contributed by atoms with E-state index in [0.717, 1.165) is 27.8 Å². The summed E-state index contributed by atoms with van der Waals surface area (Å²) >= 11 is 8.00. The Balaban J connectivity index is 2.04. The molecular weight excluding hydrogens is 276 g/mol. The van der Waals surface area contributed by atoms with Gasteiger partial charge in [-0.3, -0.25) is 0 Å². The summed E-state index contributed by atoms with van der Waals surface area (Å²) in [7, 11) is 0. The summed E-state index contributed by atoms with van der Waals surface area (Å²) in [5.41, 5.74) is 3.45. The molecule has 0 spiro atoms. The van der Waals surface area contributed by atoms with E-state index in [1.165, 1.54) is 10.4 Å². The van der Waals surface area contributed by atoms with Crippen LogP contribution in [0.3, 0.4) is 0 Å². The van der Waals surface area contributed by atoms with E-state index in [9.17, 15) is 0 Å². The van der Waals surface area contributed by atoms with E-state index in [1.807, 2.05) is 13.0 Å². The first kappa shape index (κ1) is 14.5. The van der Waals surface area contributed by atoms with Gasteiger partial charge in [0.15, 0.2) is 0 Å². The van der Waals surface area contributed by atoms with E-state index in [2.05, 4.69) is 43.2 Å². The van der Waals surface area contributed by atoms with Crippen LogP contribution in [0.15, 0.2) is 18.2 Å². The smallest absolute Gasteiger partial charge is 0.0900 e. The lowest BCUT2D eigenvalue weighted by atomic mass is 10.1. The van der Waals surface area contributed by atoms with Gasteiger partial charge in [0.2, 0.25) is 0 Å². The molecule has 0 radical (unpaired) electrons. The molecule has 1 unspecified atom stereocenters. The number of nitrogens with zero attached hydrogens (tertiary/aromatic N) is 1. The van der Waals surface area contributed by atoms with Crippen LogP contribution in [0.1, 0.15) is 39.7 Å². The zero-order valence-corrected chi connectivity index (χ0v) is 13.3. The van der Waals surface area contributed by atoms with Crippen molar-refractivity contribution in [3.63, 3.8) is 0 Å². The van der Waals surface area contributed by atoms with Crippen molar-refractivity contribution in [2.45, 2.75) is 40.3 Å². The predicted octanol–water partition coefficient (Wildman–Crippen LogP) is 4.57. The van der Waals surface area contributed by atoms with Crippen molar-refractivity contribution in [2.75, 3.05) is 0 Å². The molecule has 19 heavy (non-hydrogen) atoms. The van der Waals surface area contributed by atoms with Gasteiger partial charge in [-0.2, -0.15) is 0 Å². The van der Waals surface area contributed by atoms with Gasteiger partial charge in [0.05, 0.1) is 10.7 Å². The molecule has 1 aromatic carbocycles. The van der Waals surface area contributed by atoms with Gasteiger partial charge in [-0.25, -0.2) is 4.98 Å². The number of nitrogens with one attached hydrogen (secondary N) is 1.